The molecule has 1 aromatic carbocycles. The summed E-state index contributed by atoms with van der Waals surface area (Å²) in [6.07, 6.45) is 3.27. The highest BCUT2D eigenvalue weighted by Crippen LogP contribution is 2.18. The van der Waals surface area contributed by atoms with Gasteiger partial charge in [-0.1, -0.05) is 0 Å². The van der Waals surface area contributed by atoms with E-state index in [1.54, 1.807) is 29.2 Å². The zero-order valence-corrected chi connectivity index (χ0v) is 8.88. The minimum absolute atomic E-state index is 0.123. The lowest BCUT2D eigenvalue weighted by Crippen LogP contribution is -2.05. The fourth-order valence-electron chi connectivity index (χ4n) is 1.49. The first-order valence-corrected chi connectivity index (χ1v) is 4.97. The average Bonchev–Trinajstić information content (AvgIpc) is 2.77. The van der Waals surface area contributed by atoms with Crippen molar-refractivity contribution in [2.75, 3.05) is 0 Å². The van der Waals surface area contributed by atoms with E-state index in [1.807, 2.05) is 0 Å². The van der Waals surface area contributed by atoms with Gasteiger partial charge in [0.2, 0.25) is 0 Å². The van der Waals surface area contributed by atoms with Crippen LogP contribution in [0.2, 0.25) is 0 Å². The summed E-state index contributed by atoms with van der Waals surface area (Å²) in [6, 6.07) is 6.28. The van der Waals surface area contributed by atoms with Crippen molar-refractivity contribution in [1.29, 1.82) is 0 Å². The van der Waals surface area contributed by atoms with E-state index in [4.69, 9.17) is 5.73 Å². The third kappa shape index (κ3) is 2.59. The molecule has 0 saturated carbocycles. The van der Waals surface area contributed by atoms with Gasteiger partial charge in [0.05, 0.1) is 12.0 Å². The first-order chi connectivity index (χ1) is 8.20. The van der Waals surface area contributed by atoms with Crippen molar-refractivity contribution < 1.29 is 13.5 Å². The topological polar surface area (TPSA) is 53.1 Å². The molecule has 0 radical (unpaired) electrons. The fourth-order valence-corrected chi connectivity index (χ4v) is 1.49. The van der Waals surface area contributed by atoms with Crippen molar-refractivity contribution in [2.45, 2.75) is 13.2 Å². The van der Waals surface area contributed by atoms with Crippen molar-refractivity contribution >= 4 is 0 Å². The van der Waals surface area contributed by atoms with E-state index in [1.165, 1.54) is 12.1 Å². The van der Waals surface area contributed by atoms with Gasteiger partial charge in [-0.15, -0.1) is 0 Å². The SMILES string of the molecule is NCc1cncn1-c1ccc(OC(F)F)cc1. The van der Waals surface area contributed by atoms with Gasteiger partial charge in [-0.05, 0) is 24.3 Å². The second kappa shape index (κ2) is 4.92. The predicted molar refractivity (Wildman–Crippen MR) is 58.1 cm³/mol. The molecule has 90 valence electrons. The number of aromatic nitrogens is 2. The van der Waals surface area contributed by atoms with Crippen LogP contribution in [0.5, 0.6) is 5.75 Å². The van der Waals surface area contributed by atoms with Crippen LogP contribution in [0.3, 0.4) is 0 Å². The highest BCUT2D eigenvalue weighted by molar-refractivity contribution is 5.38. The number of nitrogens with zero attached hydrogens (tertiary/aromatic N) is 2. The van der Waals surface area contributed by atoms with Gasteiger partial charge < -0.3 is 15.0 Å². The Kier molecular flexibility index (Phi) is 3.34. The van der Waals surface area contributed by atoms with E-state index < -0.39 is 6.61 Å². The summed E-state index contributed by atoms with van der Waals surface area (Å²) in [5.41, 5.74) is 7.18. The van der Waals surface area contributed by atoms with E-state index in [2.05, 4.69) is 9.72 Å². The maximum Gasteiger partial charge on any atom is 0.387 e. The Bertz CT molecular complexity index is 482. The molecule has 0 bridgehead atoms. The van der Waals surface area contributed by atoms with Crippen LogP contribution < -0.4 is 10.5 Å². The average molecular weight is 239 g/mol. The van der Waals surface area contributed by atoms with Crippen LogP contribution >= 0.6 is 0 Å². The smallest absolute Gasteiger partial charge is 0.387 e. The number of alkyl halides is 2. The van der Waals surface area contributed by atoms with Crippen LogP contribution in [-0.4, -0.2) is 16.2 Å². The molecule has 6 heteroatoms. The minimum atomic E-state index is -2.81. The highest BCUT2D eigenvalue weighted by atomic mass is 19.3. The number of hydrogen-bond acceptors (Lipinski definition) is 3. The molecule has 0 spiro atoms. The quantitative estimate of drug-likeness (QED) is 0.887. The Labute approximate surface area is 96.6 Å². The number of imidazole rings is 1. The lowest BCUT2D eigenvalue weighted by atomic mass is 10.3. The molecule has 0 unspecified atom stereocenters. The first kappa shape index (κ1) is 11.5. The molecule has 0 saturated heterocycles. The van der Waals surface area contributed by atoms with Gasteiger partial charge >= 0.3 is 6.61 Å². The predicted octanol–water partition coefficient (Wildman–Crippen LogP) is 1.93. The van der Waals surface area contributed by atoms with Gasteiger partial charge in [-0.2, -0.15) is 8.78 Å². The molecule has 2 rings (SSSR count). The maximum atomic E-state index is 12.0. The molecule has 0 atom stereocenters. The molecular formula is C11H11F2N3O. The largest absolute Gasteiger partial charge is 0.435 e. The van der Waals surface area contributed by atoms with Crippen LogP contribution in [0.25, 0.3) is 5.69 Å². The van der Waals surface area contributed by atoms with Crippen LogP contribution in [0.1, 0.15) is 5.69 Å². The summed E-state index contributed by atoms with van der Waals surface area (Å²) in [5.74, 6) is 0.123. The number of hydrogen-bond donors (Lipinski definition) is 1. The van der Waals surface area contributed by atoms with Crippen molar-refractivity contribution in [3.63, 3.8) is 0 Å². The van der Waals surface area contributed by atoms with Crippen molar-refractivity contribution in [3.05, 3.63) is 42.5 Å². The summed E-state index contributed by atoms with van der Waals surface area (Å²) < 4.78 is 30.0. The Morgan fingerprint density at radius 3 is 2.59 bits per heavy atom. The van der Waals surface area contributed by atoms with E-state index in [0.29, 0.717) is 6.54 Å². The van der Waals surface area contributed by atoms with Crippen molar-refractivity contribution in [1.82, 2.24) is 9.55 Å². The van der Waals surface area contributed by atoms with Gasteiger partial charge in [-0.25, -0.2) is 4.98 Å². The van der Waals surface area contributed by atoms with Gasteiger partial charge in [0.15, 0.2) is 0 Å². The molecule has 1 heterocycles. The molecule has 0 amide bonds. The molecule has 0 aliphatic carbocycles. The summed E-state index contributed by atoms with van der Waals surface area (Å²) in [7, 11) is 0. The van der Waals surface area contributed by atoms with Gasteiger partial charge in [0.1, 0.15) is 5.75 Å². The minimum Gasteiger partial charge on any atom is -0.435 e. The van der Waals surface area contributed by atoms with Crippen LogP contribution in [0.15, 0.2) is 36.8 Å². The Balaban J connectivity index is 2.23. The summed E-state index contributed by atoms with van der Waals surface area (Å²) in [6.45, 7) is -2.45. The van der Waals surface area contributed by atoms with Crippen molar-refractivity contribution in [3.8, 4) is 11.4 Å². The monoisotopic (exact) mass is 239 g/mol. The number of ether oxygens (including phenoxy) is 1. The molecule has 4 nitrogen and oxygen atoms in total. The van der Waals surface area contributed by atoms with Gasteiger partial charge in [-0.3, -0.25) is 0 Å². The standard InChI is InChI=1S/C11H11F2N3O/c12-11(13)17-10-3-1-8(2-4-10)16-7-15-6-9(16)5-14/h1-4,6-7,11H,5,14H2. The second-order valence-corrected chi connectivity index (χ2v) is 3.33. The molecule has 0 fully saturated rings. The number of nitrogens with two attached hydrogens (primary N) is 1. The fraction of sp³-hybridized carbons (Fsp3) is 0.182. The number of halogens is 2. The molecule has 0 aliphatic rings. The highest BCUT2D eigenvalue weighted by Gasteiger charge is 2.05. The van der Waals surface area contributed by atoms with Crippen molar-refractivity contribution in [2.24, 2.45) is 5.73 Å². The first-order valence-electron chi connectivity index (χ1n) is 4.97. The maximum absolute atomic E-state index is 12.0. The molecule has 17 heavy (non-hydrogen) atoms. The van der Waals surface area contributed by atoms with Crippen LogP contribution in [0, 0.1) is 0 Å². The lowest BCUT2D eigenvalue weighted by molar-refractivity contribution is -0.0498. The zero-order chi connectivity index (χ0) is 12.3. The number of rotatable bonds is 4. The molecule has 2 aromatic rings. The lowest BCUT2D eigenvalue weighted by Gasteiger charge is -2.08. The number of benzene rings is 1. The van der Waals surface area contributed by atoms with Gasteiger partial charge in [0.25, 0.3) is 0 Å². The summed E-state index contributed by atoms with van der Waals surface area (Å²) >= 11 is 0. The van der Waals surface area contributed by atoms with Crippen LogP contribution in [-0.2, 0) is 6.54 Å². The summed E-state index contributed by atoms with van der Waals surface area (Å²) in [4.78, 5) is 3.97. The van der Waals surface area contributed by atoms with E-state index >= 15 is 0 Å². The third-order valence-corrected chi connectivity index (χ3v) is 2.26. The molecule has 0 aliphatic heterocycles. The Morgan fingerprint density at radius 1 is 1.29 bits per heavy atom. The summed E-state index contributed by atoms with van der Waals surface area (Å²) in [5, 5.41) is 0. The second-order valence-electron chi connectivity index (χ2n) is 3.33. The third-order valence-electron chi connectivity index (χ3n) is 2.26. The van der Waals surface area contributed by atoms with E-state index in [9.17, 15) is 8.78 Å². The Hall–Kier alpha value is -1.95. The van der Waals surface area contributed by atoms with E-state index in [0.717, 1.165) is 11.4 Å². The van der Waals surface area contributed by atoms with Crippen LogP contribution in [0.4, 0.5) is 8.78 Å². The molecule has 1 aromatic heterocycles. The Morgan fingerprint density at radius 2 is 2.00 bits per heavy atom. The normalized spacial score (nSPS) is 10.8. The molecular weight excluding hydrogens is 228 g/mol. The molecule has 2 N–H and O–H groups in total. The van der Waals surface area contributed by atoms with E-state index in [-0.39, 0.29) is 5.75 Å². The van der Waals surface area contributed by atoms with Gasteiger partial charge in [0, 0.05) is 18.4 Å². The zero-order valence-electron chi connectivity index (χ0n) is 8.88.